The van der Waals surface area contributed by atoms with Gasteiger partial charge < -0.3 is 20.1 Å². The van der Waals surface area contributed by atoms with E-state index in [4.69, 9.17) is 9.84 Å². The second-order valence-electron chi connectivity index (χ2n) is 3.99. The summed E-state index contributed by atoms with van der Waals surface area (Å²) in [5, 5.41) is 29.5. The van der Waals surface area contributed by atoms with E-state index >= 15 is 0 Å². The number of aliphatic hydroxyl groups excluding tert-OH is 2. The third-order valence-corrected chi connectivity index (χ3v) is 2.95. The molecule has 0 aliphatic rings. The minimum Gasteiger partial charge on any atom is -0.394 e. The topological polar surface area (TPSA) is 69.9 Å². The highest BCUT2D eigenvalue weighted by Crippen LogP contribution is 2.30. The van der Waals surface area contributed by atoms with Crippen molar-refractivity contribution in [1.29, 1.82) is 0 Å². The molecule has 0 fully saturated rings. The molecule has 96 valence electrons. The van der Waals surface area contributed by atoms with Crippen molar-refractivity contribution in [2.45, 2.75) is 31.7 Å². The maximum Gasteiger partial charge on any atom is 0.143 e. The molecule has 0 heterocycles. The summed E-state index contributed by atoms with van der Waals surface area (Å²) >= 11 is 0. The zero-order valence-corrected chi connectivity index (χ0v) is 10.2. The SMILES string of the molecule is CCOC(C)[C@](O)(c1ccccc1)[C@H](O)CO. The Hall–Kier alpha value is -0.940. The molecule has 3 atom stereocenters. The summed E-state index contributed by atoms with van der Waals surface area (Å²) in [5.41, 5.74) is -1.08. The van der Waals surface area contributed by atoms with Gasteiger partial charge in [-0.15, -0.1) is 0 Å². The summed E-state index contributed by atoms with van der Waals surface area (Å²) in [6.07, 6.45) is -1.90. The molecule has 0 aliphatic heterocycles. The molecule has 0 spiro atoms. The highest BCUT2D eigenvalue weighted by molar-refractivity contribution is 5.25. The van der Waals surface area contributed by atoms with Crippen LogP contribution < -0.4 is 0 Å². The fourth-order valence-electron chi connectivity index (χ4n) is 1.92. The van der Waals surface area contributed by atoms with Crippen LogP contribution in [0.15, 0.2) is 30.3 Å². The fourth-order valence-corrected chi connectivity index (χ4v) is 1.92. The van der Waals surface area contributed by atoms with Crippen LogP contribution in [-0.2, 0) is 10.3 Å². The Balaban J connectivity index is 3.10. The Kier molecular flexibility index (Phi) is 5.08. The summed E-state index contributed by atoms with van der Waals surface area (Å²) < 4.78 is 5.36. The first-order valence-electron chi connectivity index (χ1n) is 5.75. The Morgan fingerprint density at radius 1 is 1.29 bits per heavy atom. The van der Waals surface area contributed by atoms with Crippen LogP contribution in [0.5, 0.6) is 0 Å². The molecule has 0 saturated heterocycles. The summed E-state index contributed by atoms with van der Waals surface area (Å²) in [6.45, 7) is 3.39. The van der Waals surface area contributed by atoms with Crippen molar-refractivity contribution < 1.29 is 20.1 Å². The van der Waals surface area contributed by atoms with Crippen LogP contribution in [0.4, 0.5) is 0 Å². The minimum absolute atomic E-state index is 0.425. The molecule has 0 bridgehead atoms. The largest absolute Gasteiger partial charge is 0.394 e. The highest BCUT2D eigenvalue weighted by atomic mass is 16.5. The average molecular weight is 240 g/mol. The van der Waals surface area contributed by atoms with Crippen molar-refractivity contribution >= 4 is 0 Å². The second-order valence-corrected chi connectivity index (χ2v) is 3.99. The van der Waals surface area contributed by atoms with Crippen LogP contribution in [-0.4, -0.2) is 40.7 Å². The molecule has 0 radical (unpaired) electrons. The van der Waals surface area contributed by atoms with Gasteiger partial charge in [-0.25, -0.2) is 0 Å². The van der Waals surface area contributed by atoms with Gasteiger partial charge in [-0.1, -0.05) is 30.3 Å². The summed E-state index contributed by atoms with van der Waals surface area (Å²) in [6, 6.07) is 8.76. The van der Waals surface area contributed by atoms with Crippen LogP contribution in [0.1, 0.15) is 19.4 Å². The smallest absolute Gasteiger partial charge is 0.143 e. The third kappa shape index (κ3) is 2.84. The van der Waals surface area contributed by atoms with Gasteiger partial charge in [0.05, 0.1) is 12.7 Å². The first-order chi connectivity index (χ1) is 8.07. The monoisotopic (exact) mass is 240 g/mol. The van der Waals surface area contributed by atoms with Crippen LogP contribution in [0.2, 0.25) is 0 Å². The molecule has 4 heteroatoms. The molecular weight excluding hydrogens is 220 g/mol. The van der Waals surface area contributed by atoms with Gasteiger partial charge in [0.1, 0.15) is 11.7 Å². The van der Waals surface area contributed by atoms with Crippen LogP contribution in [0, 0.1) is 0 Å². The zero-order valence-electron chi connectivity index (χ0n) is 10.2. The average Bonchev–Trinajstić information content (AvgIpc) is 2.38. The van der Waals surface area contributed by atoms with Crippen molar-refractivity contribution in [2.24, 2.45) is 0 Å². The predicted molar refractivity (Wildman–Crippen MR) is 64.5 cm³/mol. The van der Waals surface area contributed by atoms with Gasteiger partial charge in [0.15, 0.2) is 0 Å². The Bertz CT molecular complexity index is 327. The standard InChI is InChI=1S/C13H20O4/c1-3-17-10(2)13(16,12(15)9-14)11-7-5-4-6-8-11/h4-8,10,12,14-16H,3,9H2,1-2H3/t10?,12-,13+/m1/s1. The summed E-state index contributed by atoms with van der Waals surface area (Å²) in [4.78, 5) is 0. The molecule has 1 unspecified atom stereocenters. The van der Waals surface area contributed by atoms with E-state index in [1.807, 2.05) is 13.0 Å². The Morgan fingerprint density at radius 2 is 1.88 bits per heavy atom. The first kappa shape index (κ1) is 14.1. The van der Waals surface area contributed by atoms with Gasteiger partial charge in [-0.05, 0) is 19.4 Å². The van der Waals surface area contributed by atoms with E-state index in [0.29, 0.717) is 12.2 Å². The number of aliphatic hydroxyl groups is 3. The molecule has 17 heavy (non-hydrogen) atoms. The van der Waals surface area contributed by atoms with Gasteiger partial charge in [0, 0.05) is 6.61 Å². The molecule has 1 aromatic rings. The summed E-state index contributed by atoms with van der Waals surface area (Å²) in [5.74, 6) is 0. The van der Waals surface area contributed by atoms with Crippen LogP contribution in [0.25, 0.3) is 0 Å². The van der Waals surface area contributed by atoms with E-state index in [2.05, 4.69) is 0 Å². The van der Waals surface area contributed by atoms with Crippen LogP contribution in [0.3, 0.4) is 0 Å². The van der Waals surface area contributed by atoms with Crippen molar-refractivity contribution in [2.75, 3.05) is 13.2 Å². The lowest BCUT2D eigenvalue weighted by Gasteiger charge is -2.37. The number of benzene rings is 1. The number of rotatable bonds is 6. The van der Waals surface area contributed by atoms with E-state index in [1.54, 1.807) is 31.2 Å². The van der Waals surface area contributed by atoms with E-state index in [0.717, 1.165) is 0 Å². The van der Waals surface area contributed by atoms with E-state index in [-0.39, 0.29) is 0 Å². The van der Waals surface area contributed by atoms with Crippen molar-refractivity contribution in [3.05, 3.63) is 35.9 Å². The van der Waals surface area contributed by atoms with Crippen LogP contribution >= 0.6 is 0 Å². The molecule has 0 saturated carbocycles. The number of hydrogen-bond acceptors (Lipinski definition) is 4. The lowest BCUT2D eigenvalue weighted by molar-refractivity contribution is -0.174. The van der Waals surface area contributed by atoms with Gasteiger partial charge >= 0.3 is 0 Å². The molecule has 3 N–H and O–H groups in total. The number of ether oxygens (including phenoxy) is 1. The summed E-state index contributed by atoms with van der Waals surface area (Å²) in [7, 11) is 0. The molecule has 4 nitrogen and oxygen atoms in total. The maximum absolute atomic E-state index is 10.6. The molecule has 0 aliphatic carbocycles. The lowest BCUT2D eigenvalue weighted by Crippen LogP contribution is -2.50. The van der Waals surface area contributed by atoms with E-state index in [1.165, 1.54) is 0 Å². The molecule has 1 aromatic carbocycles. The van der Waals surface area contributed by atoms with E-state index in [9.17, 15) is 10.2 Å². The third-order valence-electron chi connectivity index (χ3n) is 2.95. The normalized spacial score (nSPS) is 18.4. The van der Waals surface area contributed by atoms with Gasteiger partial charge in [0.25, 0.3) is 0 Å². The Morgan fingerprint density at radius 3 is 2.35 bits per heavy atom. The van der Waals surface area contributed by atoms with Gasteiger partial charge in [-0.3, -0.25) is 0 Å². The molecular formula is C13H20O4. The molecule has 0 amide bonds. The van der Waals surface area contributed by atoms with Crippen molar-refractivity contribution in [3.63, 3.8) is 0 Å². The fraction of sp³-hybridized carbons (Fsp3) is 0.538. The lowest BCUT2D eigenvalue weighted by atomic mass is 9.84. The van der Waals surface area contributed by atoms with E-state index < -0.39 is 24.4 Å². The number of hydrogen-bond donors (Lipinski definition) is 3. The highest BCUT2D eigenvalue weighted by Gasteiger charge is 2.43. The maximum atomic E-state index is 10.6. The minimum atomic E-state index is -1.61. The van der Waals surface area contributed by atoms with Gasteiger partial charge in [0.2, 0.25) is 0 Å². The van der Waals surface area contributed by atoms with Crippen molar-refractivity contribution in [1.82, 2.24) is 0 Å². The van der Waals surface area contributed by atoms with Crippen molar-refractivity contribution in [3.8, 4) is 0 Å². The second kappa shape index (κ2) is 6.12. The first-order valence-corrected chi connectivity index (χ1v) is 5.75. The van der Waals surface area contributed by atoms with Gasteiger partial charge in [-0.2, -0.15) is 0 Å². The molecule has 0 aromatic heterocycles. The Labute approximate surface area is 101 Å². The molecule has 1 rings (SSSR count). The zero-order chi connectivity index (χ0) is 12.9. The quantitative estimate of drug-likeness (QED) is 0.683. The predicted octanol–water partition coefficient (Wildman–Crippen LogP) is 0.652.